The van der Waals surface area contributed by atoms with Gasteiger partial charge in [-0.1, -0.05) is 37.3 Å². The molecular weight excluding hydrogens is 403 g/mol. The standard InChI is InChI=1S/C22H27FN6.ClH/c1-2-21(22-24-25-26-29(22)13-12-18-6-4-3-5-7-18)28-16-14-27(15-17-28)20-10-8-19(23)9-11-20;/h3-11,21H,2,12-17H2,1H3;1H. The first kappa shape index (κ1) is 22.2. The molecule has 0 aliphatic carbocycles. The summed E-state index contributed by atoms with van der Waals surface area (Å²) in [5, 5.41) is 12.6. The Bertz CT molecular complexity index is 894. The van der Waals surface area contributed by atoms with E-state index in [-0.39, 0.29) is 24.3 Å². The molecule has 2 aromatic carbocycles. The fourth-order valence-electron chi connectivity index (χ4n) is 4.04. The number of nitrogens with zero attached hydrogens (tertiary/aromatic N) is 6. The molecule has 3 aromatic rings. The zero-order valence-electron chi connectivity index (χ0n) is 17.2. The normalized spacial score (nSPS) is 15.6. The topological polar surface area (TPSA) is 50.1 Å². The van der Waals surface area contributed by atoms with E-state index in [1.54, 1.807) is 0 Å². The number of hydrogen-bond donors (Lipinski definition) is 0. The molecule has 1 saturated heterocycles. The van der Waals surface area contributed by atoms with Gasteiger partial charge in [-0.15, -0.1) is 17.5 Å². The summed E-state index contributed by atoms with van der Waals surface area (Å²) in [6.45, 7) is 6.65. The minimum Gasteiger partial charge on any atom is -0.369 e. The highest BCUT2D eigenvalue weighted by Gasteiger charge is 2.28. The first-order chi connectivity index (χ1) is 14.2. The second kappa shape index (κ2) is 10.5. The van der Waals surface area contributed by atoms with E-state index >= 15 is 0 Å². The van der Waals surface area contributed by atoms with Gasteiger partial charge >= 0.3 is 0 Å². The van der Waals surface area contributed by atoms with Crippen molar-refractivity contribution in [3.63, 3.8) is 0 Å². The quantitative estimate of drug-likeness (QED) is 0.571. The fourth-order valence-corrected chi connectivity index (χ4v) is 4.04. The Hall–Kier alpha value is -2.51. The molecule has 30 heavy (non-hydrogen) atoms. The van der Waals surface area contributed by atoms with E-state index in [0.717, 1.165) is 57.1 Å². The van der Waals surface area contributed by atoms with Crippen LogP contribution in [-0.4, -0.2) is 51.3 Å². The Morgan fingerprint density at radius 3 is 2.33 bits per heavy atom. The maximum Gasteiger partial charge on any atom is 0.168 e. The van der Waals surface area contributed by atoms with Crippen LogP contribution in [0.4, 0.5) is 10.1 Å². The Kier molecular flexibility index (Phi) is 7.76. The SMILES string of the molecule is CCC(c1nnnn1CCc1ccccc1)N1CCN(c2ccc(F)cc2)CC1.Cl. The van der Waals surface area contributed by atoms with Crippen molar-refractivity contribution >= 4 is 18.1 Å². The van der Waals surface area contributed by atoms with Crippen LogP contribution in [0.1, 0.15) is 30.8 Å². The molecule has 0 amide bonds. The molecule has 1 aliphatic heterocycles. The molecule has 2 heterocycles. The van der Waals surface area contributed by atoms with Crippen LogP contribution in [0.5, 0.6) is 0 Å². The van der Waals surface area contributed by atoms with Gasteiger partial charge in [0.25, 0.3) is 0 Å². The van der Waals surface area contributed by atoms with Crippen molar-refractivity contribution in [2.24, 2.45) is 0 Å². The minimum absolute atomic E-state index is 0. The Morgan fingerprint density at radius 1 is 0.967 bits per heavy atom. The van der Waals surface area contributed by atoms with Crippen molar-refractivity contribution in [2.45, 2.75) is 32.4 Å². The molecule has 0 bridgehead atoms. The first-order valence-electron chi connectivity index (χ1n) is 10.3. The summed E-state index contributed by atoms with van der Waals surface area (Å²) in [6.07, 6.45) is 1.87. The molecule has 0 N–H and O–H groups in total. The zero-order chi connectivity index (χ0) is 20.1. The van der Waals surface area contributed by atoms with Gasteiger partial charge in [-0.05, 0) is 53.1 Å². The number of benzene rings is 2. The van der Waals surface area contributed by atoms with Crippen molar-refractivity contribution in [1.29, 1.82) is 0 Å². The van der Waals surface area contributed by atoms with E-state index in [0.29, 0.717) is 0 Å². The lowest BCUT2D eigenvalue weighted by Gasteiger charge is -2.39. The maximum absolute atomic E-state index is 13.2. The van der Waals surface area contributed by atoms with Gasteiger partial charge in [-0.2, -0.15) is 0 Å². The van der Waals surface area contributed by atoms with Gasteiger partial charge in [0, 0.05) is 38.4 Å². The van der Waals surface area contributed by atoms with Gasteiger partial charge in [0.15, 0.2) is 5.82 Å². The third kappa shape index (κ3) is 5.15. The molecule has 0 radical (unpaired) electrons. The second-order valence-corrected chi connectivity index (χ2v) is 7.42. The average molecular weight is 431 g/mol. The molecule has 1 aliphatic rings. The Labute approximate surface area is 183 Å². The van der Waals surface area contributed by atoms with Gasteiger partial charge < -0.3 is 4.90 Å². The highest BCUT2D eigenvalue weighted by atomic mass is 35.5. The summed E-state index contributed by atoms with van der Waals surface area (Å²) in [6, 6.07) is 17.4. The van der Waals surface area contributed by atoms with Crippen LogP contribution >= 0.6 is 12.4 Å². The molecule has 1 fully saturated rings. The van der Waals surface area contributed by atoms with Crippen LogP contribution in [0.2, 0.25) is 0 Å². The molecule has 0 spiro atoms. The maximum atomic E-state index is 13.2. The molecule has 4 rings (SSSR count). The number of aryl methyl sites for hydroxylation is 2. The van der Waals surface area contributed by atoms with Crippen LogP contribution in [0.25, 0.3) is 0 Å². The molecule has 1 aromatic heterocycles. The monoisotopic (exact) mass is 430 g/mol. The van der Waals surface area contributed by atoms with Crippen LogP contribution in [-0.2, 0) is 13.0 Å². The highest BCUT2D eigenvalue weighted by Crippen LogP contribution is 2.25. The predicted molar refractivity (Wildman–Crippen MR) is 118 cm³/mol. The summed E-state index contributed by atoms with van der Waals surface area (Å²) in [7, 11) is 0. The van der Waals surface area contributed by atoms with Crippen molar-refractivity contribution in [3.05, 3.63) is 71.8 Å². The van der Waals surface area contributed by atoms with E-state index in [2.05, 4.69) is 56.5 Å². The van der Waals surface area contributed by atoms with Gasteiger partial charge in [-0.25, -0.2) is 9.07 Å². The highest BCUT2D eigenvalue weighted by molar-refractivity contribution is 5.85. The van der Waals surface area contributed by atoms with Crippen LogP contribution < -0.4 is 4.90 Å². The van der Waals surface area contributed by atoms with E-state index in [1.807, 2.05) is 22.9 Å². The fraction of sp³-hybridized carbons (Fsp3) is 0.409. The van der Waals surface area contributed by atoms with E-state index in [1.165, 1.54) is 17.7 Å². The van der Waals surface area contributed by atoms with Crippen molar-refractivity contribution < 1.29 is 4.39 Å². The molecule has 1 atom stereocenters. The summed E-state index contributed by atoms with van der Waals surface area (Å²) >= 11 is 0. The number of halogens is 2. The zero-order valence-corrected chi connectivity index (χ0v) is 18.0. The van der Waals surface area contributed by atoms with Crippen molar-refractivity contribution in [3.8, 4) is 0 Å². The molecule has 8 heteroatoms. The Morgan fingerprint density at radius 2 is 1.67 bits per heavy atom. The second-order valence-electron chi connectivity index (χ2n) is 7.42. The summed E-state index contributed by atoms with van der Waals surface area (Å²) in [5.74, 6) is 0.749. The van der Waals surface area contributed by atoms with E-state index in [4.69, 9.17) is 0 Å². The van der Waals surface area contributed by atoms with Crippen molar-refractivity contribution in [2.75, 3.05) is 31.1 Å². The summed E-state index contributed by atoms with van der Waals surface area (Å²) in [4.78, 5) is 4.77. The minimum atomic E-state index is -0.194. The predicted octanol–water partition coefficient (Wildman–Crippen LogP) is 3.75. The van der Waals surface area contributed by atoms with Gasteiger partial charge in [0.2, 0.25) is 0 Å². The first-order valence-corrected chi connectivity index (χ1v) is 10.3. The molecule has 1 unspecified atom stereocenters. The lowest BCUT2D eigenvalue weighted by molar-refractivity contribution is 0.169. The van der Waals surface area contributed by atoms with E-state index < -0.39 is 0 Å². The number of hydrogen-bond acceptors (Lipinski definition) is 5. The number of piperazine rings is 1. The number of aromatic nitrogens is 4. The lowest BCUT2D eigenvalue weighted by atomic mass is 10.1. The van der Waals surface area contributed by atoms with Gasteiger partial charge in [-0.3, -0.25) is 4.90 Å². The third-order valence-corrected chi connectivity index (χ3v) is 5.65. The molecule has 6 nitrogen and oxygen atoms in total. The number of anilines is 1. The lowest BCUT2D eigenvalue weighted by Crippen LogP contribution is -2.48. The summed E-state index contributed by atoms with van der Waals surface area (Å²) in [5.41, 5.74) is 2.36. The third-order valence-electron chi connectivity index (χ3n) is 5.65. The smallest absolute Gasteiger partial charge is 0.168 e. The average Bonchev–Trinajstić information content (AvgIpc) is 3.23. The molecular formula is C22H28ClFN6. The van der Waals surface area contributed by atoms with Gasteiger partial charge in [0.05, 0.1) is 6.04 Å². The van der Waals surface area contributed by atoms with Crippen LogP contribution in [0, 0.1) is 5.82 Å². The number of rotatable bonds is 7. The van der Waals surface area contributed by atoms with E-state index in [9.17, 15) is 4.39 Å². The largest absolute Gasteiger partial charge is 0.369 e. The van der Waals surface area contributed by atoms with Gasteiger partial charge in [0.1, 0.15) is 5.82 Å². The molecule has 160 valence electrons. The molecule has 0 saturated carbocycles. The summed E-state index contributed by atoms with van der Waals surface area (Å²) < 4.78 is 15.1. The van der Waals surface area contributed by atoms with Crippen LogP contribution in [0.15, 0.2) is 54.6 Å². The Balaban J connectivity index is 0.00000256. The number of tetrazole rings is 1. The van der Waals surface area contributed by atoms with Crippen LogP contribution in [0.3, 0.4) is 0 Å². The van der Waals surface area contributed by atoms with Crippen molar-refractivity contribution in [1.82, 2.24) is 25.1 Å².